The van der Waals surface area contributed by atoms with E-state index in [0.717, 1.165) is 16.7 Å². The van der Waals surface area contributed by atoms with Crippen molar-refractivity contribution in [3.63, 3.8) is 0 Å². The lowest BCUT2D eigenvalue weighted by molar-refractivity contribution is -0.311. The van der Waals surface area contributed by atoms with Gasteiger partial charge in [0.15, 0.2) is 0 Å². The van der Waals surface area contributed by atoms with Crippen LogP contribution in [0, 0.1) is 5.92 Å². The highest BCUT2D eigenvalue weighted by Crippen LogP contribution is 2.34. The first-order valence-corrected chi connectivity index (χ1v) is 7.82. The molecule has 1 fully saturated rings. The first-order valence-electron chi connectivity index (χ1n) is 6.60. The molecule has 1 saturated heterocycles. The van der Waals surface area contributed by atoms with Crippen LogP contribution in [0.1, 0.15) is 19.6 Å². The van der Waals surface area contributed by atoms with Gasteiger partial charge in [0.05, 0.1) is 23.2 Å². The minimum atomic E-state index is -1.31. The molecule has 1 aliphatic rings. The average molecular weight is 336 g/mol. The van der Waals surface area contributed by atoms with Crippen molar-refractivity contribution in [3.8, 4) is 0 Å². The molecule has 116 valence electrons. The van der Waals surface area contributed by atoms with Crippen LogP contribution < -0.4 is 5.11 Å². The predicted molar refractivity (Wildman–Crippen MR) is 86.5 cm³/mol. The van der Waals surface area contributed by atoms with E-state index in [2.05, 4.69) is 0 Å². The zero-order chi connectivity index (χ0) is 16.3. The molecule has 1 aromatic rings. The smallest absolute Gasteiger partial charge is 0.266 e. The van der Waals surface area contributed by atoms with Gasteiger partial charge in [-0.05, 0) is 30.2 Å². The van der Waals surface area contributed by atoms with Crippen molar-refractivity contribution in [3.05, 3.63) is 41.2 Å². The lowest BCUT2D eigenvalue weighted by atomic mass is 10.0. The Morgan fingerprint density at radius 2 is 2.23 bits per heavy atom. The Kier molecular flexibility index (Phi) is 5.20. The SMILES string of the molecule is CC(C)[C@@H](C(=O)[O-])N1C(=O)/C(=C/C=C/c2ccco2)SC1=S. The Balaban J connectivity index is 2.19. The van der Waals surface area contributed by atoms with Crippen LogP contribution in [-0.4, -0.2) is 27.1 Å². The number of nitrogens with zero attached hydrogens (tertiary/aromatic N) is 1. The highest BCUT2D eigenvalue weighted by atomic mass is 32.2. The number of furan rings is 1. The quantitative estimate of drug-likeness (QED) is 0.603. The monoisotopic (exact) mass is 336 g/mol. The third kappa shape index (κ3) is 3.48. The van der Waals surface area contributed by atoms with Gasteiger partial charge < -0.3 is 14.3 Å². The number of carbonyl (C=O) groups is 2. The molecule has 0 spiro atoms. The zero-order valence-corrected chi connectivity index (χ0v) is 13.6. The van der Waals surface area contributed by atoms with Crippen molar-refractivity contribution in [2.75, 3.05) is 0 Å². The summed E-state index contributed by atoms with van der Waals surface area (Å²) in [7, 11) is 0. The van der Waals surface area contributed by atoms with E-state index in [1.807, 2.05) is 0 Å². The van der Waals surface area contributed by atoms with Gasteiger partial charge in [0, 0.05) is 0 Å². The standard InChI is InChI=1S/C15H15NO4S2/c1-9(2)12(14(18)19)16-13(17)11(22-15(16)21)7-3-5-10-6-4-8-20-10/h3-9,12H,1-2H3,(H,18,19)/p-1/b5-3+,11-7-/t12-/m0/s1. The number of rotatable bonds is 5. The van der Waals surface area contributed by atoms with Gasteiger partial charge >= 0.3 is 0 Å². The average Bonchev–Trinajstić information content (AvgIpc) is 3.02. The largest absolute Gasteiger partial charge is 0.548 e. The second-order valence-corrected chi connectivity index (χ2v) is 6.63. The lowest BCUT2D eigenvalue weighted by Gasteiger charge is -2.30. The number of aliphatic carboxylic acids is 1. The van der Waals surface area contributed by atoms with Gasteiger partial charge in [-0.2, -0.15) is 0 Å². The van der Waals surface area contributed by atoms with Crippen LogP contribution >= 0.6 is 24.0 Å². The number of hydrogen-bond donors (Lipinski definition) is 0. The molecule has 2 rings (SSSR count). The maximum absolute atomic E-state index is 12.4. The second-order valence-electron chi connectivity index (χ2n) is 4.96. The third-order valence-corrected chi connectivity index (χ3v) is 4.37. The topological polar surface area (TPSA) is 73.6 Å². The molecule has 2 heterocycles. The highest BCUT2D eigenvalue weighted by Gasteiger charge is 2.38. The van der Waals surface area contributed by atoms with Gasteiger partial charge in [0.25, 0.3) is 5.91 Å². The summed E-state index contributed by atoms with van der Waals surface area (Å²) in [6.45, 7) is 3.42. The molecule has 1 aromatic heterocycles. The van der Waals surface area contributed by atoms with Gasteiger partial charge in [0.1, 0.15) is 10.1 Å². The molecule has 0 aliphatic carbocycles. The number of carbonyl (C=O) groups excluding carboxylic acids is 2. The summed E-state index contributed by atoms with van der Waals surface area (Å²) in [5, 5.41) is 11.3. The molecule has 22 heavy (non-hydrogen) atoms. The fourth-order valence-corrected chi connectivity index (χ4v) is 3.31. The van der Waals surface area contributed by atoms with Gasteiger partial charge in [-0.15, -0.1) is 0 Å². The summed E-state index contributed by atoms with van der Waals surface area (Å²) in [5.41, 5.74) is 0. The van der Waals surface area contributed by atoms with Crippen molar-refractivity contribution in [1.29, 1.82) is 0 Å². The van der Waals surface area contributed by atoms with E-state index >= 15 is 0 Å². The van der Waals surface area contributed by atoms with Crippen LogP contribution in [0.2, 0.25) is 0 Å². The van der Waals surface area contributed by atoms with Gasteiger partial charge in [0.2, 0.25) is 0 Å². The van der Waals surface area contributed by atoms with E-state index in [0.29, 0.717) is 10.7 Å². The van der Waals surface area contributed by atoms with E-state index in [1.54, 1.807) is 50.5 Å². The molecule has 0 N–H and O–H groups in total. The number of thiocarbonyl (C=S) groups is 1. The van der Waals surface area contributed by atoms with Crippen molar-refractivity contribution in [2.24, 2.45) is 5.92 Å². The Morgan fingerprint density at radius 1 is 1.50 bits per heavy atom. The van der Waals surface area contributed by atoms with E-state index < -0.39 is 17.9 Å². The number of amides is 1. The van der Waals surface area contributed by atoms with E-state index in [1.165, 1.54) is 0 Å². The zero-order valence-electron chi connectivity index (χ0n) is 12.0. The maximum atomic E-state index is 12.4. The van der Waals surface area contributed by atoms with E-state index in [9.17, 15) is 14.7 Å². The number of carboxylic acid groups (broad SMARTS) is 1. The Labute approximate surface area is 137 Å². The molecule has 5 nitrogen and oxygen atoms in total. The number of thioether (sulfide) groups is 1. The number of carboxylic acids is 1. The minimum Gasteiger partial charge on any atom is -0.548 e. The molecule has 1 aliphatic heterocycles. The van der Waals surface area contributed by atoms with Crippen LogP contribution in [0.3, 0.4) is 0 Å². The Bertz CT molecular complexity index is 647. The Hall–Kier alpha value is -1.86. The van der Waals surface area contributed by atoms with E-state index in [-0.39, 0.29) is 10.2 Å². The van der Waals surface area contributed by atoms with Crippen molar-refractivity contribution in [2.45, 2.75) is 19.9 Å². The molecular weight excluding hydrogens is 322 g/mol. The summed E-state index contributed by atoms with van der Waals surface area (Å²) in [4.78, 5) is 25.1. The summed E-state index contributed by atoms with van der Waals surface area (Å²) in [5.74, 6) is -1.37. The van der Waals surface area contributed by atoms with Crippen LogP contribution in [0.4, 0.5) is 0 Å². The van der Waals surface area contributed by atoms with Crippen LogP contribution in [0.25, 0.3) is 6.08 Å². The number of hydrogen-bond acceptors (Lipinski definition) is 6. The lowest BCUT2D eigenvalue weighted by Crippen LogP contribution is -2.52. The van der Waals surface area contributed by atoms with Gasteiger partial charge in [-0.1, -0.05) is 43.9 Å². The predicted octanol–water partition coefficient (Wildman–Crippen LogP) is 1.81. The first-order chi connectivity index (χ1) is 10.4. The first kappa shape index (κ1) is 16.5. The molecule has 7 heteroatoms. The number of allylic oxidation sites excluding steroid dienone is 2. The van der Waals surface area contributed by atoms with Crippen molar-refractivity contribution < 1.29 is 19.1 Å². The van der Waals surface area contributed by atoms with Gasteiger partial charge in [-0.25, -0.2) is 0 Å². The fourth-order valence-electron chi connectivity index (χ4n) is 2.03. The molecule has 0 unspecified atom stereocenters. The molecule has 0 bridgehead atoms. The summed E-state index contributed by atoms with van der Waals surface area (Å²) in [6.07, 6.45) is 6.50. The third-order valence-electron chi connectivity index (χ3n) is 3.03. The van der Waals surface area contributed by atoms with Gasteiger partial charge in [-0.3, -0.25) is 9.69 Å². The molecule has 0 saturated carbocycles. The molecule has 0 aromatic carbocycles. The molecule has 1 amide bonds. The summed E-state index contributed by atoms with van der Waals surface area (Å²) in [6, 6.07) is 2.47. The minimum absolute atomic E-state index is 0.227. The Morgan fingerprint density at radius 3 is 2.77 bits per heavy atom. The fraction of sp³-hybridized carbons (Fsp3) is 0.267. The van der Waals surface area contributed by atoms with Crippen LogP contribution in [-0.2, 0) is 9.59 Å². The summed E-state index contributed by atoms with van der Waals surface area (Å²) >= 11 is 6.21. The van der Waals surface area contributed by atoms with Crippen LogP contribution in [0.5, 0.6) is 0 Å². The second kappa shape index (κ2) is 6.93. The molecule has 1 atom stereocenters. The molecule has 0 radical (unpaired) electrons. The van der Waals surface area contributed by atoms with Crippen molar-refractivity contribution >= 4 is 46.3 Å². The van der Waals surface area contributed by atoms with E-state index in [4.69, 9.17) is 16.6 Å². The van der Waals surface area contributed by atoms with Crippen molar-refractivity contribution in [1.82, 2.24) is 4.90 Å². The normalized spacial score (nSPS) is 18.9. The summed E-state index contributed by atoms with van der Waals surface area (Å²) < 4.78 is 5.37. The maximum Gasteiger partial charge on any atom is 0.266 e. The molecular formula is C15H14NO4S2-. The van der Waals surface area contributed by atoms with Crippen LogP contribution in [0.15, 0.2) is 39.9 Å². The highest BCUT2D eigenvalue weighted by molar-refractivity contribution is 8.26.